The molecule has 102 valence electrons. The maximum absolute atomic E-state index is 13.0. The zero-order chi connectivity index (χ0) is 13.6. The third-order valence-electron chi connectivity index (χ3n) is 2.27. The van der Waals surface area contributed by atoms with Gasteiger partial charge in [0.05, 0.1) is 18.6 Å². The van der Waals surface area contributed by atoms with E-state index in [-0.39, 0.29) is 17.2 Å². The lowest BCUT2D eigenvalue weighted by atomic mass is 10.3. The maximum Gasteiger partial charge on any atom is 0.232 e. The van der Waals surface area contributed by atoms with Crippen molar-refractivity contribution in [1.29, 1.82) is 0 Å². The molecule has 0 spiro atoms. The number of nitrogens with one attached hydrogen (secondary N) is 2. The normalized spacial score (nSPS) is 11.3. The summed E-state index contributed by atoms with van der Waals surface area (Å²) in [6.07, 6.45) is 0.495. The molecule has 0 radical (unpaired) electrons. The van der Waals surface area contributed by atoms with Crippen LogP contribution in [0.3, 0.4) is 0 Å². The Bertz CT molecular complexity index is 491. The summed E-state index contributed by atoms with van der Waals surface area (Å²) in [7, 11) is -0.337. The van der Waals surface area contributed by atoms with Crippen LogP contribution in [0.5, 0.6) is 5.75 Å². The smallest absolute Gasteiger partial charge is 0.232 e. The Hall–Kier alpha value is -1.34. The van der Waals surface area contributed by atoms with Crippen molar-refractivity contribution in [2.75, 3.05) is 31.2 Å². The van der Waals surface area contributed by atoms with Crippen LogP contribution in [0.2, 0.25) is 0 Å². The van der Waals surface area contributed by atoms with Crippen molar-refractivity contribution >= 4 is 15.7 Å². The Morgan fingerprint density at radius 2 is 2.11 bits per heavy atom. The zero-order valence-electron chi connectivity index (χ0n) is 10.4. The summed E-state index contributed by atoms with van der Waals surface area (Å²) in [5.41, 5.74) is 0.239. The minimum absolute atomic E-state index is 0.00558. The third-order valence-corrected chi connectivity index (χ3v) is 3.63. The van der Waals surface area contributed by atoms with Gasteiger partial charge in [0.15, 0.2) is 0 Å². The number of benzene rings is 1. The van der Waals surface area contributed by atoms with E-state index in [1.165, 1.54) is 19.2 Å². The van der Waals surface area contributed by atoms with Gasteiger partial charge < -0.3 is 10.1 Å². The van der Waals surface area contributed by atoms with Crippen molar-refractivity contribution in [3.8, 4) is 5.75 Å². The number of ether oxygens (including phenoxy) is 1. The molecular weight excluding hydrogens is 259 g/mol. The van der Waals surface area contributed by atoms with Crippen molar-refractivity contribution in [1.82, 2.24) is 5.32 Å². The molecular formula is C11H17FN2O3S. The van der Waals surface area contributed by atoms with Crippen LogP contribution in [0.1, 0.15) is 6.42 Å². The van der Waals surface area contributed by atoms with Crippen LogP contribution in [-0.2, 0) is 10.0 Å². The molecule has 0 heterocycles. The standard InChI is InChI=1S/C11H17FN2O3S/c1-13-6-3-7-18(15,16)14-10-5-4-9(12)8-11(10)17-2/h4-5,8,13-14H,3,6-7H2,1-2H3. The van der Waals surface area contributed by atoms with Gasteiger partial charge in [-0.3, -0.25) is 4.72 Å². The van der Waals surface area contributed by atoms with Crippen molar-refractivity contribution in [3.63, 3.8) is 0 Å². The predicted molar refractivity (Wildman–Crippen MR) is 68.9 cm³/mol. The number of anilines is 1. The van der Waals surface area contributed by atoms with Gasteiger partial charge in [-0.05, 0) is 32.1 Å². The number of hydrogen-bond acceptors (Lipinski definition) is 4. The minimum Gasteiger partial charge on any atom is -0.494 e. The monoisotopic (exact) mass is 276 g/mol. The first kappa shape index (κ1) is 14.7. The van der Waals surface area contributed by atoms with Gasteiger partial charge in [-0.1, -0.05) is 0 Å². The molecule has 0 amide bonds. The number of rotatable bonds is 7. The maximum atomic E-state index is 13.0. The first-order valence-electron chi connectivity index (χ1n) is 5.47. The summed E-state index contributed by atoms with van der Waals surface area (Å²) < 4.78 is 43.7. The van der Waals surface area contributed by atoms with Gasteiger partial charge in [-0.15, -0.1) is 0 Å². The predicted octanol–water partition coefficient (Wildman–Crippen LogP) is 1.19. The van der Waals surface area contributed by atoms with Gasteiger partial charge in [0.25, 0.3) is 0 Å². The Balaban J connectivity index is 2.77. The third kappa shape index (κ3) is 4.50. The van der Waals surface area contributed by atoms with E-state index in [0.29, 0.717) is 13.0 Å². The van der Waals surface area contributed by atoms with E-state index in [9.17, 15) is 12.8 Å². The average molecular weight is 276 g/mol. The van der Waals surface area contributed by atoms with Gasteiger partial charge in [0.1, 0.15) is 11.6 Å². The van der Waals surface area contributed by atoms with Gasteiger partial charge in [0.2, 0.25) is 10.0 Å². The summed E-state index contributed by atoms with van der Waals surface area (Å²) in [5.74, 6) is -0.328. The molecule has 0 aliphatic heterocycles. The molecule has 0 aromatic heterocycles. The molecule has 0 unspecified atom stereocenters. The van der Waals surface area contributed by atoms with Crippen LogP contribution >= 0.6 is 0 Å². The van der Waals surface area contributed by atoms with E-state index in [0.717, 1.165) is 6.07 Å². The summed E-state index contributed by atoms with van der Waals surface area (Å²) in [6, 6.07) is 3.64. The van der Waals surface area contributed by atoms with Crippen molar-refractivity contribution in [2.45, 2.75) is 6.42 Å². The van der Waals surface area contributed by atoms with Gasteiger partial charge in [-0.25, -0.2) is 12.8 Å². The van der Waals surface area contributed by atoms with E-state index in [1.807, 2.05) is 0 Å². The molecule has 0 fully saturated rings. The highest BCUT2D eigenvalue weighted by atomic mass is 32.2. The molecule has 2 N–H and O–H groups in total. The summed E-state index contributed by atoms with van der Waals surface area (Å²) >= 11 is 0. The molecule has 1 aromatic rings. The number of hydrogen-bond donors (Lipinski definition) is 2. The van der Waals surface area contributed by atoms with E-state index in [4.69, 9.17) is 4.74 Å². The zero-order valence-corrected chi connectivity index (χ0v) is 11.2. The number of methoxy groups -OCH3 is 1. The van der Waals surface area contributed by atoms with E-state index >= 15 is 0 Å². The van der Waals surface area contributed by atoms with Crippen LogP contribution < -0.4 is 14.8 Å². The summed E-state index contributed by atoms with van der Waals surface area (Å²) in [5, 5.41) is 2.87. The van der Waals surface area contributed by atoms with Crippen LogP contribution in [0.25, 0.3) is 0 Å². The average Bonchev–Trinajstić information content (AvgIpc) is 2.31. The first-order chi connectivity index (χ1) is 8.48. The van der Waals surface area contributed by atoms with E-state index in [1.54, 1.807) is 7.05 Å². The Labute approximate surface area is 106 Å². The molecule has 0 aliphatic carbocycles. The molecule has 18 heavy (non-hydrogen) atoms. The summed E-state index contributed by atoms with van der Waals surface area (Å²) in [4.78, 5) is 0. The number of sulfonamides is 1. The van der Waals surface area contributed by atoms with Gasteiger partial charge >= 0.3 is 0 Å². The first-order valence-corrected chi connectivity index (χ1v) is 7.12. The Kier molecular flexibility index (Phi) is 5.36. The Morgan fingerprint density at radius 1 is 1.39 bits per heavy atom. The van der Waals surface area contributed by atoms with Crippen LogP contribution in [-0.4, -0.2) is 34.9 Å². The molecule has 0 bridgehead atoms. The fraction of sp³-hybridized carbons (Fsp3) is 0.455. The van der Waals surface area contributed by atoms with Crippen LogP contribution in [0, 0.1) is 5.82 Å². The highest BCUT2D eigenvalue weighted by Crippen LogP contribution is 2.25. The SMILES string of the molecule is CNCCCS(=O)(=O)Nc1ccc(F)cc1OC. The molecule has 0 saturated heterocycles. The fourth-order valence-corrected chi connectivity index (χ4v) is 2.54. The second kappa shape index (κ2) is 6.55. The van der Waals surface area contributed by atoms with Crippen LogP contribution in [0.15, 0.2) is 18.2 Å². The molecule has 0 aliphatic rings. The van der Waals surface area contributed by atoms with Crippen molar-refractivity contribution in [3.05, 3.63) is 24.0 Å². The molecule has 0 saturated carbocycles. The second-order valence-electron chi connectivity index (χ2n) is 3.72. The van der Waals surface area contributed by atoms with Crippen LogP contribution in [0.4, 0.5) is 10.1 Å². The molecule has 1 rings (SSSR count). The quantitative estimate of drug-likeness (QED) is 0.734. The topological polar surface area (TPSA) is 67.4 Å². The number of halogens is 1. The molecule has 0 atom stereocenters. The van der Waals surface area contributed by atoms with E-state index < -0.39 is 15.8 Å². The van der Waals surface area contributed by atoms with E-state index in [2.05, 4.69) is 10.0 Å². The van der Waals surface area contributed by atoms with Crippen molar-refractivity contribution in [2.24, 2.45) is 0 Å². The molecule has 1 aromatic carbocycles. The molecule has 7 heteroatoms. The molecule has 5 nitrogen and oxygen atoms in total. The van der Waals surface area contributed by atoms with Gasteiger partial charge in [0, 0.05) is 6.07 Å². The second-order valence-corrected chi connectivity index (χ2v) is 5.56. The minimum atomic E-state index is -3.44. The highest BCUT2D eigenvalue weighted by Gasteiger charge is 2.13. The summed E-state index contributed by atoms with van der Waals surface area (Å²) in [6.45, 7) is 0.613. The lowest BCUT2D eigenvalue weighted by Crippen LogP contribution is -2.20. The highest BCUT2D eigenvalue weighted by molar-refractivity contribution is 7.92. The fourth-order valence-electron chi connectivity index (χ4n) is 1.41. The lowest BCUT2D eigenvalue weighted by molar-refractivity contribution is 0.413. The Morgan fingerprint density at radius 3 is 2.72 bits per heavy atom. The van der Waals surface area contributed by atoms with Gasteiger partial charge in [-0.2, -0.15) is 0 Å². The largest absolute Gasteiger partial charge is 0.494 e. The van der Waals surface area contributed by atoms with Crippen molar-refractivity contribution < 1.29 is 17.5 Å². The lowest BCUT2D eigenvalue weighted by Gasteiger charge is -2.11.